The fraction of sp³-hybridized carbons (Fsp3) is 0.562. The number of piperazine rings is 1. The van der Waals surface area contributed by atoms with Gasteiger partial charge >= 0.3 is 0 Å². The maximum Gasteiger partial charge on any atom is 0.245 e. The Morgan fingerprint density at radius 1 is 1.48 bits per heavy atom. The summed E-state index contributed by atoms with van der Waals surface area (Å²) in [6, 6.07) is 3.68. The molecule has 0 spiro atoms. The molecule has 0 saturated carbocycles. The zero-order valence-electron chi connectivity index (χ0n) is 12.6. The number of fused-ring (bicyclic) bond motifs is 1. The molecular weight excluding hydrogens is 266 g/mol. The van der Waals surface area contributed by atoms with Crippen LogP contribution in [0, 0.1) is 6.92 Å². The Labute approximate surface area is 124 Å². The van der Waals surface area contributed by atoms with Gasteiger partial charge in [0.15, 0.2) is 0 Å². The first-order valence-electron chi connectivity index (χ1n) is 7.58. The molecule has 0 N–H and O–H groups in total. The summed E-state index contributed by atoms with van der Waals surface area (Å²) < 4.78 is 0. The van der Waals surface area contributed by atoms with Crippen LogP contribution < -0.4 is 0 Å². The molecular formula is C16H21N3O2. The Kier molecular flexibility index (Phi) is 3.66. The van der Waals surface area contributed by atoms with E-state index < -0.39 is 0 Å². The predicted octanol–water partition coefficient (Wildman–Crippen LogP) is 1.15. The van der Waals surface area contributed by atoms with Crippen LogP contribution in [0.4, 0.5) is 0 Å². The summed E-state index contributed by atoms with van der Waals surface area (Å²) in [5.74, 6) is 0.0963. The van der Waals surface area contributed by atoms with E-state index in [9.17, 15) is 9.59 Å². The second-order valence-corrected chi connectivity index (χ2v) is 5.99. The summed E-state index contributed by atoms with van der Waals surface area (Å²) in [6.07, 6.45) is 4.03. The summed E-state index contributed by atoms with van der Waals surface area (Å²) >= 11 is 0. The first-order chi connectivity index (χ1) is 10.1. The molecule has 5 heteroatoms. The molecule has 2 amide bonds. The predicted molar refractivity (Wildman–Crippen MR) is 78.6 cm³/mol. The molecule has 5 nitrogen and oxygen atoms in total. The van der Waals surface area contributed by atoms with E-state index in [0.29, 0.717) is 6.54 Å². The van der Waals surface area contributed by atoms with Crippen LogP contribution in [0.2, 0.25) is 0 Å². The van der Waals surface area contributed by atoms with Crippen molar-refractivity contribution < 1.29 is 9.59 Å². The number of hydrogen-bond acceptors (Lipinski definition) is 3. The average Bonchev–Trinajstić information content (AvgIpc) is 2.93. The molecule has 1 aromatic rings. The Bertz CT molecular complexity index is 572. The van der Waals surface area contributed by atoms with Crippen molar-refractivity contribution in [1.29, 1.82) is 0 Å². The van der Waals surface area contributed by atoms with E-state index in [-0.39, 0.29) is 30.3 Å². The molecule has 3 rings (SSSR count). The third kappa shape index (κ3) is 2.52. The summed E-state index contributed by atoms with van der Waals surface area (Å²) in [6.45, 7) is 5.30. The van der Waals surface area contributed by atoms with Crippen molar-refractivity contribution in [2.75, 3.05) is 13.1 Å². The Balaban J connectivity index is 1.75. The van der Waals surface area contributed by atoms with Crippen LogP contribution >= 0.6 is 0 Å². The third-order valence-electron chi connectivity index (χ3n) is 4.65. The molecule has 0 radical (unpaired) electrons. The van der Waals surface area contributed by atoms with Gasteiger partial charge in [-0.05, 0) is 38.3 Å². The van der Waals surface area contributed by atoms with Gasteiger partial charge in [-0.2, -0.15) is 0 Å². The minimum absolute atomic E-state index is 0.00389. The Morgan fingerprint density at radius 2 is 2.29 bits per heavy atom. The first-order valence-corrected chi connectivity index (χ1v) is 7.58. The summed E-state index contributed by atoms with van der Waals surface area (Å²) in [7, 11) is 0. The summed E-state index contributed by atoms with van der Waals surface area (Å²) in [5, 5.41) is 0. The SMILES string of the molecule is Cc1cccnc1CC(=O)N1C[C@@H]2CCCN2C(=O)[C@H]1C. The summed E-state index contributed by atoms with van der Waals surface area (Å²) in [5.41, 5.74) is 1.82. The van der Waals surface area contributed by atoms with Crippen LogP contribution in [0.3, 0.4) is 0 Å². The van der Waals surface area contributed by atoms with Gasteiger partial charge in [-0.3, -0.25) is 14.6 Å². The molecule has 2 saturated heterocycles. The topological polar surface area (TPSA) is 53.5 Å². The molecule has 2 aliphatic rings. The summed E-state index contributed by atoms with van der Waals surface area (Å²) in [4.78, 5) is 32.9. The van der Waals surface area contributed by atoms with E-state index in [0.717, 1.165) is 30.6 Å². The van der Waals surface area contributed by atoms with Gasteiger partial charge in [-0.1, -0.05) is 6.07 Å². The average molecular weight is 287 g/mol. The molecule has 0 unspecified atom stereocenters. The van der Waals surface area contributed by atoms with Crippen LogP contribution in [0.15, 0.2) is 18.3 Å². The van der Waals surface area contributed by atoms with Crippen LogP contribution in [0.25, 0.3) is 0 Å². The minimum Gasteiger partial charge on any atom is -0.336 e. The third-order valence-corrected chi connectivity index (χ3v) is 4.65. The fourth-order valence-electron chi connectivity index (χ4n) is 3.34. The number of amides is 2. The highest BCUT2D eigenvalue weighted by Gasteiger charge is 2.41. The maximum absolute atomic E-state index is 12.6. The number of hydrogen-bond donors (Lipinski definition) is 0. The molecule has 2 aliphatic heterocycles. The molecule has 112 valence electrons. The quantitative estimate of drug-likeness (QED) is 0.820. The number of nitrogens with zero attached hydrogens (tertiary/aromatic N) is 3. The zero-order chi connectivity index (χ0) is 15.0. The Hall–Kier alpha value is -1.91. The van der Waals surface area contributed by atoms with E-state index in [1.165, 1.54) is 0 Å². The molecule has 3 heterocycles. The van der Waals surface area contributed by atoms with Gasteiger partial charge in [0.25, 0.3) is 0 Å². The Morgan fingerprint density at radius 3 is 3.05 bits per heavy atom. The van der Waals surface area contributed by atoms with Gasteiger partial charge in [-0.25, -0.2) is 0 Å². The van der Waals surface area contributed by atoms with Crippen molar-refractivity contribution in [3.8, 4) is 0 Å². The number of aromatic nitrogens is 1. The van der Waals surface area contributed by atoms with Crippen LogP contribution in [0.1, 0.15) is 31.0 Å². The monoisotopic (exact) mass is 287 g/mol. The molecule has 2 atom stereocenters. The van der Waals surface area contributed by atoms with Gasteiger partial charge < -0.3 is 9.80 Å². The van der Waals surface area contributed by atoms with Crippen LogP contribution in [-0.4, -0.2) is 51.8 Å². The van der Waals surface area contributed by atoms with E-state index in [1.54, 1.807) is 11.1 Å². The van der Waals surface area contributed by atoms with Crippen molar-refractivity contribution >= 4 is 11.8 Å². The second-order valence-electron chi connectivity index (χ2n) is 5.99. The number of carbonyl (C=O) groups excluding carboxylic acids is 2. The minimum atomic E-state index is -0.351. The molecule has 2 fully saturated rings. The van der Waals surface area contributed by atoms with Crippen molar-refractivity contribution in [3.63, 3.8) is 0 Å². The highest BCUT2D eigenvalue weighted by molar-refractivity contribution is 5.89. The number of carbonyl (C=O) groups is 2. The zero-order valence-corrected chi connectivity index (χ0v) is 12.6. The van der Waals surface area contributed by atoms with Crippen molar-refractivity contribution in [3.05, 3.63) is 29.6 Å². The molecule has 0 bridgehead atoms. The highest BCUT2D eigenvalue weighted by atomic mass is 16.2. The number of aryl methyl sites for hydroxylation is 1. The smallest absolute Gasteiger partial charge is 0.245 e. The largest absolute Gasteiger partial charge is 0.336 e. The van der Waals surface area contributed by atoms with Gasteiger partial charge in [-0.15, -0.1) is 0 Å². The normalized spacial score (nSPS) is 25.1. The van der Waals surface area contributed by atoms with Crippen molar-refractivity contribution in [2.45, 2.75) is 45.2 Å². The van der Waals surface area contributed by atoms with Crippen molar-refractivity contribution in [2.24, 2.45) is 0 Å². The molecule has 0 aromatic carbocycles. The lowest BCUT2D eigenvalue weighted by Crippen LogP contribution is -2.60. The molecule has 21 heavy (non-hydrogen) atoms. The lowest BCUT2D eigenvalue weighted by molar-refractivity contribution is -0.152. The van der Waals surface area contributed by atoms with Gasteiger partial charge in [0.2, 0.25) is 11.8 Å². The van der Waals surface area contributed by atoms with E-state index in [1.807, 2.05) is 30.9 Å². The van der Waals surface area contributed by atoms with Gasteiger partial charge in [0.1, 0.15) is 6.04 Å². The fourth-order valence-corrected chi connectivity index (χ4v) is 3.34. The second kappa shape index (κ2) is 5.47. The lowest BCUT2D eigenvalue weighted by atomic mass is 10.1. The van der Waals surface area contributed by atoms with Gasteiger partial charge in [0.05, 0.1) is 12.1 Å². The van der Waals surface area contributed by atoms with Gasteiger partial charge in [0, 0.05) is 25.3 Å². The maximum atomic E-state index is 12.6. The van der Waals surface area contributed by atoms with E-state index in [4.69, 9.17) is 0 Å². The molecule has 0 aliphatic carbocycles. The first kappa shape index (κ1) is 14.0. The van der Waals surface area contributed by atoms with Crippen molar-refractivity contribution in [1.82, 2.24) is 14.8 Å². The van der Waals surface area contributed by atoms with Crippen LogP contribution in [-0.2, 0) is 16.0 Å². The van der Waals surface area contributed by atoms with Crippen LogP contribution in [0.5, 0.6) is 0 Å². The van der Waals surface area contributed by atoms with E-state index in [2.05, 4.69) is 4.98 Å². The lowest BCUT2D eigenvalue weighted by Gasteiger charge is -2.41. The number of rotatable bonds is 2. The highest BCUT2D eigenvalue weighted by Crippen LogP contribution is 2.26. The molecule has 1 aromatic heterocycles. The number of pyridine rings is 1. The van der Waals surface area contributed by atoms with E-state index >= 15 is 0 Å². The standard InChI is InChI=1S/C16H21N3O2/c1-11-5-3-7-17-14(11)9-15(20)19-10-13-6-4-8-18(13)16(21)12(19)2/h3,5,7,12-13H,4,6,8-10H2,1-2H3/t12-,13+/m1/s1.